The molecule has 21 heavy (non-hydrogen) atoms. The van der Waals surface area contributed by atoms with Crippen molar-refractivity contribution in [2.45, 2.75) is 52.1 Å². The van der Waals surface area contributed by atoms with E-state index in [9.17, 15) is 4.79 Å². The van der Waals surface area contributed by atoms with E-state index < -0.39 is 0 Å². The Balaban J connectivity index is 1.78. The fraction of sp³-hybridized carbons (Fsp3) is 0.611. The molecule has 116 valence electrons. The zero-order chi connectivity index (χ0) is 15.1. The van der Waals surface area contributed by atoms with Crippen molar-refractivity contribution in [1.29, 1.82) is 0 Å². The lowest BCUT2D eigenvalue weighted by atomic mass is 9.85. The van der Waals surface area contributed by atoms with Gasteiger partial charge >= 0.3 is 0 Å². The lowest BCUT2D eigenvalue weighted by Gasteiger charge is -2.30. The molecule has 2 unspecified atom stereocenters. The molecule has 3 nitrogen and oxygen atoms in total. The highest BCUT2D eigenvalue weighted by molar-refractivity contribution is 5.96. The molecule has 1 aliphatic carbocycles. The molecule has 0 spiro atoms. The van der Waals surface area contributed by atoms with Crippen LogP contribution in [0.15, 0.2) is 24.3 Å². The predicted molar refractivity (Wildman–Crippen MR) is 83.9 cm³/mol. The molecule has 0 amide bonds. The minimum atomic E-state index is 0.0323. The summed E-state index contributed by atoms with van der Waals surface area (Å²) < 4.78 is 11.7. The molecule has 2 rings (SSSR count). The third kappa shape index (κ3) is 4.57. The van der Waals surface area contributed by atoms with Gasteiger partial charge in [-0.3, -0.25) is 4.79 Å². The van der Waals surface area contributed by atoms with Gasteiger partial charge in [-0.25, -0.2) is 0 Å². The highest BCUT2D eigenvalue weighted by Gasteiger charge is 2.24. The number of ether oxygens (including phenoxy) is 2. The van der Waals surface area contributed by atoms with Crippen molar-refractivity contribution in [3.8, 4) is 5.75 Å². The number of Topliss-reactive ketones (excluding diaryl/α,β-unsaturated/α-hetero) is 1. The lowest BCUT2D eigenvalue weighted by molar-refractivity contribution is -0.0229. The van der Waals surface area contributed by atoms with Crippen LogP contribution in [0.5, 0.6) is 5.75 Å². The van der Waals surface area contributed by atoms with Crippen LogP contribution < -0.4 is 4.74 Å². The van der Waals surface area contributed by atoms with E-state index in [1.165, 1.54) is 32.1 Å². The van der Waals surface area contributed by atoms with Crippen LogP contribution in [0.2, 0.25) is 0 Å². The van der Waals surface area contributed by atoms with Crippen molar-refractivity contribution in [2.75, 3.05) is 13.2 Å². The fourth-order valence-electron chi connectivity index (χ4n) is 3.09. The van der Waals surface area contributed by atoms with Crippen LogP contribution >= 0.6 is 0 Å². The van der Waals surface area contributed by atoms with E-state index in [1.54, 1.807) is 13.0 Å². The molecule has 0 aromatic heterocycles. The van der Waals surface area contributed by atoms with Crippen LogP contribution in [-0.4, -0.2) is 25.1 Å². The molecule has 0 N–H and O–H groups in total. The van der Waals surface area contributed by atoms with E-state index in [0.29, 0.717) is 36.5 Å². The van der Waals surface area contributed by atoms with Gasteiger partial charge in [0.1, 0.15) is 12.4 Å². The van der Waals surface area contributed by atoms with E-state index in [0.717, 1.165) is 0 Å². The highest BCUT2D eigenvalue weighted by Crippen LogP contribution is 2.29. The first-order valence-electron chi connectivity index (χ1n) is 8.06. The molecule has 3 heteroatoms. The Hall–Kier alpha value is -1.35. The second kappa shape index (κ2) is 8.18. The van der Waals surface area contributed by atoms with Gasteiger partial charge in [0.25, 0.3) is 0 Å². The summed E-state index contributed by atoms with van der Waals surface area (Å²) in [7, 11) is 0. The van der Waals surface area contributed by atoms with E-state index >= 15 is 0 Å². The van der Waals surface area contributed by atoms with Gasteiger partial charge < -0.3 is 9.47 Å². The van der Waals surface area contributed by atoms with Gasteiger partial charge in [-0.15, -0.1) is 0 Å². The predicted octanol–water partition coefficient (Wildman–Crippen LogP) is 4.25. The summed E-state index contributed by atoms with van der Waals surface area (Å²) in [5.74, 6) is 1.39. The van der Waals surface area contributed by atoms with E-state index in [2.05, 4.69) is 6.92 Å². The van der Waals surface area contributed by atoms with Crippen LogP contribution in [0.25, 0.3) is 0 Å². The van der Waals surface area contributed by atoms with Crippen LogP contribution in [0.3, 0.4) is 0 Å². The average molecular weight is 290 g/mol. The molecule has 0 radical (unpaired) electrons. The number of carbonyl (C=O) groups is 1. The molecule has 1 fully saturated rings. The zero-order valence-electron chi connectivity index (χ0n) is 13.1. The Morgan fingerprint density at radius 3 is 2.71 bits per heavy atom. The number of hydrogen-bond acceptors (Lipinski definition) is 3. The van der Waals surface area contributed by atoms with E-state index in [4.69, 9.17) is 9.47 Å². The summed E-state index contributed by atoms with van der Waals surface area (Å²) in [5, 5.41) is 0. The van der Waals surface area contributed by atoms with Crippen molar-refractivity contribution >= 4 is 5.78 Å². The van der Waals surface area contributed by atoms with Crippen molar-refractivity contribution in [1.82, 2.24) is 0 Å². The molecule has 1 aromatic carbocycles. The molecule has 1 aromatic rings. The molecule has 0 aliphatic heterocycles. The minimum Gasteiger partial charge on any atom is -0.490 e. The number of para-hydroxylation sites is 1. The Morgan fingerprint density at radius 2 is 1.95 bits per heavy atom. The molecule has 1 aliphatic rings. The molecule has 0 heterocycles. The van der Waals surface area contributed by atoms with Gasteiger partial charge in [-0.05, 0) is 37.8 Å². The first-order valence-corrected chi connectivity index (χ1v) is 8.06. The van der Waals surface area contributed by atoms with Gasteiger partial charge in [0, 0.05) is 0 Å². The fourth-order valence-corrected chi connectivity index (χ4v) is 3.09. The van der Waals surface area contributed by atoms with E-state index in [-0.39, 0.29) is 5.78 Å². The summed E-state index contributed by atoms with van der Waals surface area (Å²) in [6.07, 6.45) is 6.64. The molecular formula is C18H26O3. The number of hydrogen-bond donors (Lipinski definition) is 0. The first kappa shape index (κ1) is 16.0. The SMILES string of the molecule is CCC1CCCCC1OCCOc1ccccc1C(C)=O. The van der Waals surface area contributed by atoms with Crippen LogP contribution in [0, 0.1) is 5.92 Å². The smallest absolute Gasteiger partial charge is 0.163 e. The molecule has 0 saturated heterocycles. The summed E-state index contributed by atoms with van der Waals surface area (Å²) >= 11 is 0. The Labute approximate surface area is 127 Å². The maximum absolute atomic E-state index is 11.5. The summed E-state index contributed by atoms with van der Waals surface area (Å²) in [6, 6.07) is 7.38. The highest BCUT2D eigenvalue weighted by atomic mass is 16.5. The second-order valence-corrected chi connectivity index (χ2v) is 5.76. The van der Waals surface area contributed by atoms with Crippen molar-refractivity contribution in [2.24, 2.45) is 5.92 Å². The number of benzene rings is 1. The van der Waals surface area contributed by atoms with Crippen LogP contribution in [0.1, 0.15) is 56.3 Å². The van der Waals surface area contributed by atoms with Crippen LogP contribution in [-0.2, 0) is 4.74 Å². The molecule has 2 atom stereocenters. The van der Waals surface area contributed by atoms with Gasteiger partial charge in [0.05, 0.1) is 18.3 Å². The quantitative estimate of drug-likeness (QED) is 0.556. The third-order valence-electron chi connectivity index (χ3n) is 4.30. The van der Waals surface area contributed by atoms with Crippen molar-refractivity contribution in [3.63, 3.8) is 0 Å². The largest absolute Gasteiger partial charge is 0.490 e. The Bertz CT molecular complexity index is 456. The van der Waals surface area contributed by atoms with Gasteiger partial charge in [0.15, 0.2) is 5.78 Å². The van der Waals surface area contributed by atoms with Gasteiger partial charge in [0.2, 0.25) is 0 Å². The monoisotopic (exact) mass is 290 g/mol. The number of rotatable bonds is 7. The lowest BCUT2D eigenvalue weighted by Crippen LogP contribution is -2.28. The summed E-state index contributed by atoms with van der Waals surface area (Å²) in [5.41, 5.74) is 0.640. The third-order valence-corrected chi connectivity index (χ3v) is 4.30. The Kier molecular flexibility index (Phi) is 6.24. The van der Waals surface area contributed by atoms with Crippen LogP contribution in [0.4, 0.5) is 0 Å². The average Bonchev–Trinajstić information content (AvgIpc) is 2.52. The molecular weight excluding hydrogens is 264 g/mol. The zero-order valence-corrected chi connectivity index (χ0v) is 13.1. The van der Waals surface area contributed by atoms with Crippen molar-refractivity contribution < 1.29 is 14.3 Å². The second-order valence-electron chi connectivity index (χ2n) is 5.76. The van der Waals surface area contributed by atoms with Crippen molar-refractivity contribution in [3.05, 3.63) is 29.8 Å². The Morgan fingerprint density at radius 1 is 1.19 bits per heavy atom. The summed E-state index contributed by atoms with van der Waals surface area (Å²) in [4.78, 5) is 11.5. The standard InChI is InChI=1S/C18H26O3/c1-3-15-8-4-6-10-17(15)20-12-13-21-18-11-7-5-9-16(18)14(2)19/h5,7,9,11,15,17H,3-4,6,8,10,12-13H2,1-2H3. The van der Waals surface area contributed by atoms with E-state index in [1.807, 2.05) is 18.2 Å². The number of carbonyl (C=O) groups excluding carboxylic acids is 1. The van der Waals surface area contributed by atoms with Gasteiger partial charge in [-0.1, -0.05) is 38.3 Å². The number of ketones is 1. The van der Waals surface area contributed by atoms with Gasteiger partial charge in [-0.2, -0.15) is 0 Å². The minimum absolute atomic E-state index is 0.0323. The maximum Gasteiger partial charge on any atom is 0.163 e. The normalized spacial score (nSPS) is 22.0. The maximum atomic E-state index is 11.5. The topological polar surface area (TPSA) is 35.5 Å². The molecule has 0 bridgehead atoms. The first-order chi connectivity index (χ1) is 10.2. The summed E-state index contributed by atoms with van der Waals surface area (Å²) in [6.45, 7) is 4.89. The molecule has 1 saturated carbocycles.